The van der Waals surface area contributed by atoms with E-state index in [1.807, 2.05) is 19.0 Å². The number of hydrogen-bond acceptors (Lipinski definition) is 7. The third-order valence-corrected chi connectivity index (χ3v) is 4.74. The van der Waals surface area contributed by atoms with Crippen LogP contribution in [0.15, 0.2) is 18.5 Å². The lowest BCUT2D eigenvalue weighted by Crippen LogP contribution is -2.44. The van der Waals surface area contributed by atoms with Gasteiger partial charge in [0.05, 0.1) is 13.2 Å². The van der Waals surface area contributed by atoms with E-state index in [4.69, 9.17) is 9.47 Å². The molecule has 0 aromatic carbocycles. The highest BCUT2D eigenvalue weighted by atomic mass is 16.5. The zero-order valence-electron chi connectivity index (χ0n) is 15.7. The largest absolute Gasteiger partial charge is 0.478 e. The first kappa shape index (κ1) is 17.6. The van der Waals surface area contributed by atoms with Gasteiger partial charge < -0.3 is 19.3 Å². The number of hydrogen-bond donors (Lipinski definition) is 0. The maximum atomic E-state index is 12.9. The third-order valence-electron chi connectivity index (χ3n) is 4.74. The van der Waals surface area contributed by atoms with E-state index in [9.17, 15) is 4.79 Å². The number of carbonyl (C=O) groups is 1. The van der Waals surface area contributed by atoms with Crippen LogP contribution in [0.3, 0.4) is 0 Å². The zero-order chi connectivity index (χ0) is 18.8. The van der Waals surface area contributed by atoms with E-state index in [1.54, 1.807) is 28.0 Å². The molecule has 9 nitrogen and oxygen atoms in total. The van der Waals surface area contributed by atoms with Gasteiger partial charge in [-0.2, -0.15) is 5.10 Å². The van der Waals surface area contributed by atoms with E-state index < -0.39 is 0 Å². The van der Waals surface area contributed by atoms with E-state index >= 15 is 0 Å². The fourth-order valence-electron chi connectivity index (χ4n) is 3.42. The molecule has 1 atom stereocenters. The van der Waals surface area contributed by atoms with Crippen molar-refractivity contribution in [3.63, 3.8) is 0 Å². The molecular weight excluding hydrogens is 348 g/mol. The van der Waals surface area contributed by atoms with E-state index in [-0.39, 0.29) is 12.0 Å². The van der Waals surface area contributed by atoms with Crippen molar-refractivity contribution in [2.24, 2.45) is 0 Å². The van der Waals surface area contributed by atoms with Crippen molar-refractivity contribution in [1.29, 1.82) is 0 Å². The topological polar surface area (TPSA) is 85.6 Å². The van der Waals surface area contributed by atoms with Crippen molar-refractivity contribution in [1.82, 2.24) is 24.6 Å². The summed E-state index contributed by atoms with van der Waals surface area (Å²) < 4.78 is 13.4. The first-order chi connectivity index (χ1) is 13.1. The summed E-state index contributed by atoms with van der Waals surface area (Å²) in [6.45, 7) is 2.66. The maximum absolute atomic E-state index is 12.9. The Kier molecular flexibility index (Phi) is 4.83. The quantitative estimate of drug-likeness (QED) is 0.797. The second kappa shape index (κ2) is 7.42. The Balaban J connectivity index is 1.45. The highest BCUT2D eigenvalue weighted by molar-refractivity contribution is 5.92. The number of likely N-dealkylation sites (tertiary alicyclic amines) is 1. The van der Waals surface area contributed by atoms with Crippen LogP contribution < -0.4 is 14.4 Å². The molecule has 2 aromatic rings. The molecule has 2 aliphatic rings. The van der Waals surface area contributed by atoms with Gasteiger partial charge in [-0.3, -0.25) is 4.79 Å². The van der Waals surface area contributed by atoms with Gasteiger partial charge >= 0.3 is 0 Å². The van der Waals surface area contributed by atoms with Gasteiger partial charge in [0.15, 0.2) is 11.5 Å². The Morgan fingerprint density at radius 1 is 1.26 bits per heavy atom. The Morgan fingerprint density at radius 3 is 2.93 bits per heavy atom. The summed E-state index contributed by atoms with van der Waals surface area (Å²) in [5.74, 6) is 1.76. The molecule has 144 valence electrons. The van der Waals surface area contributed by atoms with E-state index in [0.717, 1.165) is 25.8 Å². The standard InChI is InChI=1S/C18H24N6O3/c1-22(2)16-17(20-7-6-19-16)27-13-5-3-8-23(12-13)18(25)14-11-15-24(21-14)9-4-10-26-15/h6-7,11,13H,3-5,8-10,12H2,1-2H3/t13-/m1/s1. The van der Waals surface area contributed by atoms with Crippen molar-refractivity contribution >= 4 is 11.7 Å². The smallest absolute Gasteiger partial charge is 0.274 e. The minimum atomic E-state index is -0.119. The van der Waals surface area contributed by atoms with Gasteiger partial charge in [-0.25, -0.2) is 14.6 Å². The lowest BCUT2D eigenvalue weighted by Gasteiger charge is -2.32. The number of nitrogens with zero attached hydrogens (tertiary/aromatic N) is 6. The molecule has 9 heteroatoms. The van der Waals surface area contributed by atoms with Crippen molar-refractivity contribution in [3.8, 4) is 11.8 Å². The van der Waals surface area contributed by atoms with Crippen molar-refractivity contribution < 1.29 is 14.3 Å². The molecule has 0 N–H and O–H groups in total. The van der Waals surface area contributed by atoms with Crippen LogP contribution in [-0.2, 0) is 6.54 Å². The van der Waals surface area contributed by atoms with Gasteiger partial charge in [-0.15, -0.1) is 0 Å². The SMILES string of the molecule is CN(C)c1nccnc1O[C@@H]1CCCN(C(=O)c2cc3n(n2)CCCO3)C1. The lowest BCUT2D eigenvalue weighted by molar-refractivity contribution is 0.0522. The average molecular weight is 372 g/mol. The molecule has 0 radical (unpaired) electrons. The molecule has 0 unspecified atom stereocenters. The fraction of sp³-hybridized carbons (Fsp3) is 0.556. The summed E-state index contributed by atoms with van der Waals surface area (Å²) in [4.78, 5) is 25.2. The summed E-state index contributed by atoms with van der Waals surface area (Å²) >= 11 is 0. The highest BCUT2D eigenvalue weighted by Crippen LogP contribution is 2.25. The average Bonchev–Trinajstić information content (AvgIpc) is 3.12. The van der Waals surface area contributed by atoms with Crippen LogP contribution in [0, 0.1) is 0 Å². The van der Waals surface area contributed by atoms with Crippen LogP contribution in [0.5, 0.6) is 11.8 Å². The number of rotatable bonds is 4. The Hall–Kier alpha value is -2.84. The van der Waals surface area contributed by atoms with Crippen LogP contribution in [-0.4, -0.2) is 70.5 Å². The Bertz CT molecular complexity index is 798. The van der Waals surface area contributed by atoms with E-state index in [0.29, 0.717) is 43.0 Å². The molecule has 0 saturated carbocycles. The monoisotopic (exact) mass is 372 g/mol. The first-order valence-corrected chi connectivity index (χ1v) is 9.27. The van der Waals surface area contributed by atoms with Crippen LogP contribution in [0.2, 0.25) is 0 Å². The predicted molar refractivity (Wildman–Crippen MR) is 98.3 cm³/mol. The number of amides is 1. The van der Waals surface area contributed by atoms with Crippen molar-refractivity contribution in [2.75, 3.05) is 38.7 Å². The molecule has 0 aliphatic carbocycles. The molecule has 0 bridgehead atoms. The van der Waals surface area contributed by atoms with Gasteiger partial charge in [0.1, 0.15) is 6.10 Å². The Labute approximate surface area is 157 Å². The van der Waals surface area contributed by atoms with Crippen LogP contribution >= 0.6 is 0 Å². The highest BCUT2D eigenvalue weighted by Gasteiger charge is 2.29. The summed E-state index contributed by atoms with van der Waals surface area (Å²) in [6, 6.07) is 1.73. The molecular formula is C18H24N6O3. The van der Waals surface area contributed by atoms with Gasteiger partial charge in [0.2, 0.25) is 5.88 Å². The summed E-state index contributed by atoms with van der Waals surface area (Å²) in [7, 11) is 3.80. The number of fused-ring (bicyclic) bond motifs is 1. The summed E-state index contributed by atoms with van der Waals surface area (Å²) in [6.07, 6.45) is 5.79. The number of anilines is 1. The fourth-order valence-corrected chi connectivity index (χ4v) is 3.42. The van der Waals surface area contributed by atoms with Crippen LogP contribution in [0.4, 0.5) is 5.82 Å². The van der Waals surface area contributed by atoms with Gasteiger partial charge in [0.25, 0.3) is 11.8 Å². The van der Waals surface area contributed by atoms with Crippen molar-refractivity contribution in [3.05, 3.63) is 24.2 Å². The lowest BCUT2D eigenvalue weighted by atomic mass is 10.1. The maximum Gasteiger partial charge on any atom is 0.274 e. The summed E-state index contributed by atoms with van der Waals surface area (Å²) in [5, 5.41) is 4.40. The molecule has 1 fully saturated rings. The van der Waals surface area contributed by atoms with E-state index in [2.05, 4.69) is 15.1 Å². The minimum absolute atomic E-state index is 0.0826. The van der Waals surface area contributed by atoms with Gasteiger partial charge in [-0.05, 0) is 12.8 Å². The zero-order valence-corrected chi connectivity index (χ0v) is 15.7. The first-order valence-electron chi connectivity index (χ1n) is 9.27. The van der Waals surface area contributed by atoms with E-state index in [1.165, 1.54) is 0 Å². The molecule has 1 amide bonds. The predicted octanol–water partition coefficient (Wildman–Crippen LogP) is 1.21. The molecule has 0 spiro atoms. The summed E-state index contributed by atoms with van der Waals surface area (Å²) in [5.41, 5.74) is 0.432. The minimum Gasteiger partial charge on any atom is -0.478 e. The molecule has 1 saturated heterocycles. The third kappa shape index (κ3) is 3.67. The number of carbonyl (C=O) groups excluding carboxylic acids is 1. The second-order valence-corrected chi connectivity index (χ2v) is 7.01. The number of aryl methyl sites for hydroxylation is 1. The second-order valence-electron chi connectivity index (χ2n) is 7.01. The molecule has 4 heterocycles. The van der Waals surface area contributed by atoms with Crippen LogP contribution in [0.25, 0.3) is 0 Å². The molecule has 4 rings (SSSR count). The number of piperidine rings is 1. The number of ether oxygens (including phenoxy) is 2. The van der Waals surface area contributed by atoms with Crippen molar-refractivity contribution in [2.45, 2.75) is 31.9 Å². The van der Waals surface area contributed by atoms with Crippen LogP contribution in [0.1, 0.15) is 29.8 Å². The van der Waals surface area contributed by atoms with Gasteiger partial charge in [-0.1, -0.05) is 0 Å². The Morgan fingerprint density at radius 2 is 2.11 bits per heavy atom. The molecule has 2 aromatic heterocycles. The number of aromatic nitrogens is 4. The molecule has 2 aliphatic heterocycles. The van der Waals surface area contributed by atoms with Gasteiger partial charge in [0, 0.05) is 52.1 Å². The molecule has 27 heavy (non-hydrogen) atoms. The normalized spacial score (nSPS) is 19.2.